The molecule has 148 valence electrons. The molecule has 2 aliphatic heterocycles. The smallest absolute Gasteiger partial charge is 0.261 e. The van der Waals surface area contributed by atoms with Gasteiger partial charge < -0.3 is 15.4 Å². The minimum atomic E-state index is -1.06. The molecule has 0 saturated heterocycles. The van der Waals surface area contributed by atoms with Crippen LogP contribution in [-0.4, -0.2) is 26.1 Å². The summed E-state index contributed by atoms with van der Waals surface area (Å²) in [5, 5.41) is 9.94. The highest BCUT2D eigenvalue weighted by Gasteiger charge is 2.42. The van der Waals surface area contributed by atoms with Crippen LogP contribution < -0.4 is 15.4 Å². The first-order chi connectivity index (χ1) is 13.8. The molecule has 9 heteroatoms. The van der Waals surface area contributed by atoms with Gasteiger partial charge in [-0.05, 0) is 26.0 Å². The van der Waals surface area contributed by atoms with Gasteiger partial charge in [-0.15, -0.1) is 0 Å². The van der Waals surface area contributed by atoms with Gasteiger partial charge in [-0.1, -0.05) is 6.58 Å². The molecular formula is C20H17F2N5O2. The predicted octanol–water partition coefficient (Wildman–Crippen LogP) is 3.13. The Hall–Kier alpha value is -3.49. The Morgan fingerprint density at radius 3 is 3.00 bits per heavy atom. The summed E-state index contributed by atoms with van der Waals surface area (Å²) in [7, 11) is 0. The van der Waals surface area contributed by atoms with Crippen molar-refractivity contribution < 1.29 is 18.3 Å². The number of fused-ring (bicyclic) bond motifs is 2. The molecule has 1 aromatic carbocycles. The molecular weight excluding hydrogens is 380 g/mol. The standard InChI is InChI=1S/C20H17F2N5O2/c1-9-15-16(22)13(21)6-11-7-20(3,29-17(11)15)10(2)25-19(28)12-8-23-27-5-4-14(24-9)26-18(12)27/h4-6,8-9H,2,7H2,1,3H3,(H,24,26)(H,25,28)/t9-,20-/m1/s1. The molecule has 0 saturated carbocycles. The molecule has 4 heterocycles. The molecule has 1 amide bonds. The fourth-order valence-electron chi connectivity index (χ4n) is 3.85. The number of nitrogens with zero attached hydrogens (tertiary/aromatic N) is 3. The van der Waals surface area contributed by atoms with Crippen LogP contribution in [0.5, 0.6) is 5.75 Å². The molecule has 29 heavy (non-hydrogen) atoms. The van der Waals surface area contributed by atoms with E-state index in [4.69, 9.17) is 4.74 Å². The van der Waals surface area contributed by atoms with Crippen LogP contribution in [0.3, 0.4) is 0 Å². The highest BCUT2D eigenvalue weighted by molar-refractivity contribution is 6.00. The summed E-state index contributed by atoms with van der Waals surface area (Å²) in [6.45, 7) is 7.36. The highest BCUT2D eigenvalue weighted by Crippen LogP contribution is 2.44. The molecule has 0 aliphatic carbocycles. The predicted molar refractivity (Wildman–Crippen MR) is 101 cm³/mol. The minimum absolute atomic E-state index is 0.0671. The third-order valence-electron chi connectivity index (χ3n) is 5.45. The number of halogens is 2. The van der Waals surface area contributed by atoms with E-state index in [1.165, 1.54) is 10.7 Å². The molecule has 0 unspecified atom stereocenters. The first kappa shape index (κ1) is 17.6. The monoisotopic (exact) mass is 397 g/mol. The van der Waals surface area contributed by atoms with Crippen LogP contribution in [0.2, 0.25) is 0 Å². The number of rotatable bonds is 0. The second-order valence-corrected chi connectivity index (χ2v) is 7.52. The van der Waals surface area contributed by atoms with Gasteiger partial charge in [0, 0.05) is 18.2 Å². The molecule has 2 aliphatic rings. The number of hydrogen-bond acceptors (Lipinski definition) is 5. The molecule has 2 atom stereocenters. The maximum absolute atomic E-state index is 14.8. The third-order valence-corrected chi connectivity index (χ3v) is 5.45. The molecule has 2 N–H and O–H groups in total. The quantitative estimate of drug-likeness (QED) is 0.609. The number of nitrogens with one attached hydrogen (secondary N) is 2. The van der Waals surface area contributed by atoms with Crippen molar-refractivity contribution in [1.82, 2.24) is 19.9 Å². The Morgan fingerprint density at radius 2 is 2.21 bits per heavy atom. The number of benzene rings is 1. The van der Waals surface area contributed by atoms with Gasteiger partial charge in [0.1, 0.15) is 22.7 Å². The zero-order valence-electron chi connectivity index (χ0n) is 15.7. The van der Waals surface area contributed by atoms with Crippen LogP contribution in [0, 0.1) is 11.6 Å². The summed E-state index contributed by atoms with van der Waals surface area (Å²) in [5.74, 6) is -1.74. The summed E-state index contributed by atoms with van der Waals surface area (Å²) in [4.78, 5) is 17.2. The van der Waals surface area contributed by atoms with Gasteiger partial charge in [0.15, 0.2) is 17.3 Å². The topological polar surface area (TPSA) is 80.6 Å². The normalized spacial score (nSPS) is 23.1. The lowest BCUT2D eigenvalue weighted by Gasteiger charge is -2.27. The number of carbonyl (C=O) groups is 1. The lowest BCUT2D eigenvalue weighted by molar-refractivity contribution is 0.0924. The van der Waals surface area contributed by atoms with Crippen molar-refractivity contribution in [2.45, 2.75) is 31.9 Å². The molecule has 7 nitrogen and oxygen atoms in total. The summed E-state index contributed by atoms with van der Waals surface area (Å²) in [6.07, 6.45) is 3.28. The van der Waals surface area contributed by atoms with E-state index >= 15 is 0 Å². The Labute approximate surface area is 164 Å². The van der Waals surface area contributed by atoms with E-state index in [1.807, 2.05) is 0 Å². The van der Waals surface area contributed by atoms with Crippen LogP contribution in [-0.2, 0) is 6.42 Å². The maximum atomic E-state index is 14.8. The van der Waals surface area contributed by atoms with Gasteiger partial charge >= 0.3 is 0 Å². The van der Waals surface area contributed by atoms with Crippen LogP contribution >= 0.6 is 0 Å². The van der Waals surface area contributed by atoms with Gasteiger partial charge in [0.25, 0.3) is 5.91 Å². The lowest BCUT2D eigenvalue weighted by Crippen LogP contribution is -2.41. The number of hydrogen-bond donors (Lipinski definition) is 2. The van der Waals surface area contributed by atoms with Crippen molar-refractivity contribution in [2.24, 2.45) is 0 Å². The van der Waals surface area contributed by atoms with Gasteiger partial charge in [0.05, 0.1) is 23.5 Å². The first-order valence-electron chi connectivity index (χ1n) is 9.08. The molecule has 0 radical (unpaired) electrons. The summed E-state index contributed by atoms with van der Waals surface area (Å²) >= 11 is 0. The van der Waals surface area contributed by atoms with E-state index in [2.05, 4.69) is 27.3 Å². The molecule has 0 fully saturated rings. The minimum Gasteiger partial charge on any atom is -0.480 e. The van der Waals surface area contributed by atoms with Crippen molar-refractivity contribution in [3.63, 3.8) is 0 Å². The second-order valence-electron chi connectivity index (χ2n) is 7.52. The van der Waals surface area contributed by atoms with E-state index in [1.54, 1.807) is 26.1 Å². The molecule has 5 rings (SSSR count). The van der Waals surface area contributed by atoms with Crippen LogP contribution in [0.1, 0.15) is 41.4 Å². The van der Waals surface area contributed by atoms with Crippen molar-refractivity contribution in [1.29, 1.82) is 0 Å². The van der Waals surface area contributed by atoms with Crippen molar-refractivity contribution in [3.8, 4) is 5.75 Å². The number of anilines is 1. The highest BCUT2D eigenvalue weighted by atomic mass is 19.2. The Kier molecular flexibility index (Phi) is 3.49. The molecule has 2 aromatic heterocycles. The van der Waals surface area contributed by atoms with E-state index in [-0.39, 0.29) is 29.0 Å². The first-order valence-corrected chi connectivity index (χ1v) is 9.08. The summed E-state index contributed by atoms with van der Waals surface area (Å²) in [6, 6.07) is 2.12. The summed E-state index contributed by atoms with van der Waals surface area (Å²) in [5.41, 5.74) is 0.387. The van der Waals surface area contributed by atoms with E-state index in [0.29, 0.717) is 17.0 Å². The zero-order chi connectivity index (χ0) is 20.5. The van der Waals surface area contributed by atoms with Crippen LogP contribution in [0.4, 0.5) is 14.6 Å². The van der Waals surface area contributed by atoms with Crippen LogP contribution in [0.15, 0.2) is 36.8 Å². The number of carbonyl (C=O) groups excluding carboxylic acids is 1. The Balaban J connectivity index is 1.74. The molecule has 3 aromatic rings. The van der Waals surface area contributed by atoms with E-state index in [9.17, 15) is 13.6 Å². The fourth-order valence-corrected chi connectivity index (χ4v) is 3.85. The van der Waals surface area contributed by atoms with Crippen LogP contribution in [0.25, 0.3) is 5.65 Å². The fraction of sp³-hybridized carbons (Fsp3) is 0.250. The summed E-state index contributed by atoms with van der Waals surface area (Å²) < 4.78 is 36.7. The van der Waals surface area contributed by atoms with Gasteiger partial charge in [-0.25, -0.2) is 18.3 Å². The molecule has 4 bridgehead atoms. The van der Waals surface area contributed by atoms with Crippen molar-refractivity contribution >= 4 is 17.4 Å². The van der Waals surface area contributed by atoms with Gasteiger partial charge in [-0.3, -0.25) is 4.79 Å². The number of amides is 1. The maximum Gasteiger partial charge on any atom is 0.261 e. The molecule has 0 spiro atoms. The van der Waals surface area contributed by atoms with E-state index in [0.717, 1.165) is 6.07 Å². The SMILES string of the molecule is C=C1NC(=O)c2cnn3ccc(nc23)N[C@H](C)c2c(F)c(F)cc3c2O[C@]1(C)C3. The lowest BCUT2D eigenvalue weighted by atomic mass is 9.94. The Morgan fingerprint density at radius 1 is 1.41 bits per heavy atom. The largest absolute Gasteiger partial charge is 0.480 e. The third kappa shape index (κ3) is 2.50. The average Bonchev–Trinajstić information content (AvgIpc) is 3.22. The number of ether oxygens (including phenoxy) is 1. The number of aromatic nitrogens is 3. The van der Waals surface area contributed by atoms with Gasteiger partial charge in [-0.2, -0.15) is 5.10 Å². The van der Waals surface area contributed by atoms with E-state index < -0.39 is 29.2 Å². The van der Waals surface area contributed by atoms with Crippen molar-refractivity contribution in [3.05, 3.63) is 65.1 Å². The van der Waals surface area contributed by atoms with Crippen molar-refractivity contribution in [2.75, 3.05) is 5.32 Å². The Bertz CT molecular complexity index is 1220. The van der Waals surface area contributed by atoms with Gasteiger partial charge in [0.2, 0.25) is 0 Å². The zero-order valence-corrected chi connectivity index (χ0v) is 15.7. The second kappa shape index (κ2) is 5.76. The average molecular weight is 397 g/mol.